The molecule has 0 radical (unpaired) electrons. The Morgan fingerprint density at radius 3 is 2.71 bits per heavy atom. The van der Waals surface area contributed by atoms with Gasteiger partial charge in [0.05, 0.1) is 23.2 Å². The summed E-state index contributed by atoms with van der Waals surface area (Å²) >= 11 is 1.29. The molecular formula is C19H18F2N6O2S2. The normalized spacial score (nSPS) is 20.4. The van der Waals surface area contributed by atoms with Crippen LogP contribution in [0.3, 0.4) is 0 Å². The second kappa shape index (κ2) is 7.54. The molecule has 1 aliphatic heterocycles. The van der Waals surface area contributed by atoms with Crippen LogP contribution in [0.2, 0.25) is 0 Å². The lowest BCUT2D eigenvalue weighted by molar-refractivity contribution is 0.403. The monoisotopic (exact) mass is 464 g/mol. The van der Waals surface area contributed by atoms with E-state index in [1.807, 2.05) is 0 Å². The molecule has 0 aliphatic carbocycles. The first-order valence-corrected chi connectivity index (χ1v) is 11.5. The van der Waals surface area contributed by atoms with Crippen LogP contribution in [0.1, 0.15) is 12.5 Å². The Morgan fingerprint density at radius 1 is 1.26 bits per heavy atom. The molecule has 1 saturated heterocycles. The van der Waals surface area contributed by atoms with E-state index < -0.39 is 32.9 Å². The third-order valence-corrected chi connectivity index (χ3v) is 7.62. The number of nitrogens with one attached hydrogen (secondary N) is 3. The van der Waals surface area contributed by atoms with Gasteiger partial charge in [0.1, 0.15) is 17.3 Å². The molecule has 162 valence electrons. The van der Waals surface area contributed by atoms with Gasteiger partial charge in [-0.05, 0) is 37.3 Å². The molecule has 0 bridgehead atoms. The second-order valence-corrected chi connectivity index (χ2v) is 10.1. The van der Waals surface area contributed by atoms with Crippen molar-refractivity contribution in [1.82, 2.24) is 19.6 Å². The quantitative estimate of drug-likeness (QED) is 0.547. The van der Waals surface area contributed by atoms with Gasteiger partial charge in [-0.15, -0.1) is 11.3 Å². The fraction of sp³-hybridized carbons (Fsp3) is 0.211. The highest BCUT2D eigenvalue weighted by molar-refractivity contribution is 7.89. The molecule has 3 heterocycles. The van der Waals surface area contributed by atoms with Crippen molar-refractivity contribution in [3.63, 3.8) is 0 Å². The molecule has 0 spiro atoms. The van der Waals surface area contributed by atoms with Crippen molar-refractivity contribution < 1.29 is 17.2 Å². The molecule has 1 atom stereocenters. The second-order valence-electron chi connectivity index (χ2n) is 7.25. The van der Waals surface area contributed by atoms with Gasteiger partial charge in [0.25, 0.3) is 0 Å². The largest absolute Gasteiger partial charge is 0.345 e. The summed E-state index contributed by atoms with van der Waals surface area (Å²) in [5, 5.41) is 16.0. The first kappa shape index (κ1) is 21.1. The molecule has 0 saturated carbocycles. The number of hydrogen-bond acceptors (Lipinski definition) is 7. The van der Waals surface area contributed by atoms with Crippen LogP contribution in [0, 0.1) is 17.0 Å². The average Bonchev–Trinajstić information content (AvgIpc) is 3.16. The Hall–Kier alpha value is -3.12. The Balaban J connectivity index is 1.62. The molecule has 4 rings (SSSR count). The molecule has 31 heavy (non-hydrogen) atoms. The molecule has 1 unspecified atom stereocenters. The summed E-state index contributed by atoms with van der Waals surface area (Å²) in [6, 6.07) is 7.05. The van der Waals surface area contributed by atoms with Crippen LogP contribution in [0.25, 0.3) is 11.4 Å². The minimum Gasteiger partial charge on any atom is -0.345 e. The van der Waals surface area contributed by atoms with Crippen LogP contribution >= 0.6 is 11.3 Å². The number of guanidine groups is 1. The van der Waals surface area contributed by atoms with Crippen molar-refractivity contribution >= 4 is 38.1 Å². The van der Waals surface area contributed by atoms with Gasteiger partial charge in [0.15, 0.2) is 5.13 Å². The molecule has 1 aromatic carbocycles. The summed E-state index contributed by atoms with van der Waals surface area (Å²) in [5.41, 5.74) is 0.345. The van der Waals surface area contributed by atoms with Crippen LogP contribution in [0.4, 0.5) is 19.6 Å². The number of hydrogen-bond donors (Lipinski definition) is 3. The Labute approximate surface area is 181 Å². The van der Waals surface area contributed by atoms with Crippen LogP contribution < -0.4 is 10.6 Å². The first-order chi connectivity index (χ1) is 14.6. The SMILES string of the molecule is CN1C(=N)NC(C)(c2cc(Nc3nc(-c4ccc(F)cn4)cs3)ccc2F)CS1(=O)=O. The van der Waals surface area contributed by atoms with Crippen molar-refractivity contribution in [2.75, 3.05) is 18.1 Å². The highest BCUT2D eigenvalue weighted by atomic mass is 32.2. The summed E-state index contributed by atoms with van der Waals surface area (Å²) in [6.07, 6.45) is 1.11. The lowest BCUT2D eigenvalue weighted by atomic mass is 9.93. The summed E-state index contributed by atoms with van der Waals surface area (Å²) < 4.78 is 53.4. The van der Waals surface area contributed by atoms with Gasteiger partial charge in [0.2, 0.25) is 16.0 Å². The number of nitrogens with zero attached hydrogens (tertiary/aromatic N) is 3. The first-order valence-electron chi connectivity index (χ1n) is 9.05. The molecular weight excluding hydrogens is 446 g/mol. The van der Waals surface area contributed by atoms with E-state index in [9.17, 15) is 17.2 Å². The van der Waals surface area contributed by atoms with Crippen molar-refractivity contribution in [3.05, 3.63) is 59.1 Å². The molecule has 2 aromatic heterocycles. The average molecular weight is 465 g/mol. The fourth-order valence-electron chi connectivity index (χ4n) is 3.25. The third-order valence-electron chi connectivity index (χ3n) is 4.90. The van der Waals surface area contributed by atoms with E-state index >= 15 is 0 Å². The number of sulfonamides is 1. The molecule has 12 heteroatoms. The van der Waals surface area contributed by atoms with E-state index in [0.717, 1.165) is 10.5 Å². The third kappa shape index (κ3) is 4.08. The smallest absolute Gasteiger partial charge is 0.239 e. The Bertz CT molecular complexity index is 1260. The van der Waals surface area contributed by atoms with E-state index in [0.29, 0.717) is 22.2 Å². The van der Waals surface area contributed by atoms with E-state index in [4.69, 9.17) is 5.41 Å². The van der Waals surface area contributed by atoms with E-state index in [1.165, 1.54) is 55.6 Å². The molecule has 0 amide bonds. The number of thiazole rings is 1. The minimum atomic E-state index is -3.77. The van der Waals surface area contributed by atoms with Crippen molar-refractivity contribution in [2.45, 2.75) is 12.5 Å². The maximum absolute atomic E-state index is 14.7. The van der Waals surface area contributed by atoms with Crippen LogP contribution in [-0.2, 0) is 15.6 Å². The predicted molar refractivity (Wildman–Crippen MR) is 115 cm³/mol. The number of anilines is 2. The maximum atomic E-state index is 14.7. The number of pyridine rings is 1. The number of halogens is 2. The van der Waals surface area contributed by atoms with E-state index in [2.05, 4.69) is 20.6 Å². The lowest BCUT2D eigenvalue weighted by Gasteiger charge is -2.40. The van der Waals surface area contributed by atoms with E-state index in [-0.39, 0.29) is 11.5 Å². The van der Waals surface area contributed by atoms with Gasteiger partial charge >= 0.3 is 0 Å². The van der Waals surface area contributed by atoms with E-state index in [1.54, 1.807) is 5.38 Å². The van der Waals surface area contributed by atoms with Crippen LogP contribution in [0.5, 0.6) is 0 Å². The number of aromatic nitrogens is 2. The Morgan fingerprint density at radius 2 is 2.03 bits per heavy atom. The molecule has 1 aliphatic rings. The molecule has 1 fully saturated rings. The summed E-state index contributed by atoms with van der Waals surface area (Å²) in [5.74, 6) is -1.77. The maximum Gasteiger partial charge on any atom is 0.239 e. The van der Waals surface area contributed by atoms with Crippen molar-refractivity contribution in [1.29, 1.82) is 5.41 Å². The Kier molecular flexibility index (Phi) is 5.13. The zero-order valence-corrected chi connectivity index (χ0v) is 18.1. The number of rotatable bonds is 4. The minimum absolute atomic E-state index is 0.107. The fourth-order valence-corrected chi connectivity index (χ4v) is 5.45. The molecule has 8 nitrogen and oxygen atoms in total. The van der Waals surface area contributed by atoms with Gasteiger partial charge in [-0.2, -0.15) is 0 Å². The van der Waals surface area contributed by atoms with Gasteiger partial charge in [-0.3, -0.25) is 10.4 Å². The molecule has 3 aromatic rings. The summed E-state index contributed by atoms with van der Waals surface area (Å²) in [6.45, 7) is 1.54. The van der Waals surface area contributed by atoms with Crippen molar-refractivity contribution in [3.8, 4) is 11.4 Å². The van der Waals surface area contributed by atoms with Gasteiger partial charge in [-0.25, -0.2) is 26.5 Å². The highest BCUT2D eigenvalue weighted by Gasteiger charge is 2.43. The van der Waals surface area contributed by atoms with Crippen molar-refractivity contribution in [2.24, 2.45) is 0 Å². The predicted octanol–water partition coefficient (Wildman–Crippen LogP) is 3.24. The summed E-state index contributed by atoms with van der Waals surface area (Å²) in [7, 11) is -2.50. The zero-order valence-electron chi connectivity index (χ0n) is 16.5. The summed E-state index contributed by atoms with van der Waals surface area (Å²) in [4.78, 5) is 8.40. The van der Waals surface area contributed by atoms with Crippen LogP contribution in [-0.4, -0.2) is 41.5 Å². The zero-order chi connectivity index (χ0) is 22.4. The highest BCUT2D eigenvalue weighted by Crippen LogP contribution is 2.33. The number of benzene rings is 1. The van der Waals surface area contributed by atoms with Crippen LogP contribution in [0.15, 0.2) is 41.9 Å². The topological polar surface area (TPSA) is 111 Å². The lowest BCUT2D eigenvalue weighted by Crippen LogP contribution is -2.61. The molecule has 3 N–H and O–H groups in total. The standard InChI is InChI=1S/C19H18F2N6O2S2/c1-19(10-31(28,29)27(2)17(22)26-19)13-7-12(4-5-14(13)21)24-18-25-16(9-30-18)15-6-3-11(20)8-23-15/h3-9H,10H2,1-2H3,(H2,22,26)(H,24,25). The van der Waals surface area contributed by atoms with Gasteiger partial charge in [0, 0.05) is 23.7 Å². The van der Waals surface area contributed by atoms with Gasteiger partial charge in [-0.1, -0.05) is 0 Å². The van der Waals surface area contributed by atoms with Gasteiger partial charge < -0.3 is 10.6 Å².